The van der Waals surface area contributed by atoms with Gasteiger partial charge >= 0.3 is 0 Å². The largest absolute Gasteiger partial charge is 0.255 e. The van der Waals surface area contributed by atoms with E-state index in [2.05, 4.69) is 15.1 Å². The standard InChI is InChI=1S/C13H18FN5OS/c1-9(4-13(2,3)21(15)20)11-6-17-12(7-16-11)19-8-10(14)5-18-19/h5-9H,4,15H2,1-3H3/t9-,21?/m0/s1. The van der Waals surface area contributed by atoms with Crippen LogP contribution in [-0.4, -0.2) is 28.7 Å². The summed E-state index contributed by atoms with van der Waals surface area (Å²) in [6.07, 6.45) is 6.12. The Morgan fingerprint density at radius 2 is 2.10 bits per heavy atom. The number of rotatable bonds is 5. The molecule has 0 bridgehead atoms. The summed E-state index contributed by atoms with van der Waals surface area (Å²) in [6.45, 7) is 5.69. The van der Waals surface area contributed by atoms with Crippen LogP contribution < -0.4 is 5.14 Å². The first-order chi connectivity index (χ1) is 9.79. The molecule has 8 heteroatoms. The van der Waals surface area contributed by atoms with Crippen molar-refractivity contribution in [2.45, 2.75) is 37.9 Å². The summed E-state index contributed by atoms with van der Waals surface area (Å²) in [4.78, 5) is 8.54. The van der Waals surface area contributed by atoms with E-state index < -0.39 is 21.5 Å². The Kier molecular flexibility index (Phi) is 4.48. The van der Waals surface area contributed by atoms with E-state index in [1.165, 1.54) is 17.1 Å². The van der Waals surface area contributed by atoms with Crippen molar-refractivity contribution in [3.8, 4) is 5.82 Å². The Bertz CT molecular complexity index is 640. The monoisotopic (exact) mass is 311 g/mol. The van der Waals surface area contributed by atoms with Crippen LogP contribution in [0.3, 0.4) is 0 Å². The molecule has 0 amide bonds. The maximum Gasteiger partial charge on any atom is 0.171 e. The molecule has 6 nitrogen and oxygen atoms in total. The molecule has 114 valence electrons. The summed E-state index contributed by atoms with van der Waals surface area (Å²) in [5.74, 6) is 0.0707. The van der Waals surface area contributed by atoms with Gasteiger partial charge in [0.15, 0.2) is 11.6 Å². The third-order valence-corrected chi connectivity index (χ3v) is 4.55. The predicted molar refractivity (Wildman–Crippen MR) is 78.6 cm³/mol. The van der Waals surface area contributed by atoms with Crippen molar-refractivity contribution in [2.75, 3.05) is 0 Å². The normalized spacial score (nSPS) is 14.9. The number of nitrogens with zero attached hydrogens (tertiary/aromatic N) is 4. The molecule has 2 rings (SSSR count). The molecule has 2 aromatic heterocycles. The van der Waals surface area contributed by atoms with Gasteiger partial charge in [-0.2, -0.15) is 5.10 Å². The van der Waals surface area contributed by atoms with Crippen molar-refractivity contribution in [1.29, 1.82) is 0 Å². The molecule has 0 fully saturated rings. The van der Waals surface area contributed by atoms with Crippen molar-refractivity contribution in [2.24, 2.45) is 5.14 Å². The maximum absolute atomic E-state index is 12.9. The van der Waals surface area contributed by atoms with Gasteiger partial charge in [-0.15, -0.1) is 0 Å². The number of nitrogens with two attached hydrogens (primary N) is 1. The van der Waals surface area contributed by atoms with E-state index >= 15 is 0 Å². The molecule has 0 aromatic carbocycles. The average Bonchev–Trinajstić information content (AvgIpc) is 2.85. The first-order valence-corrected chi connectivity index (χ1v) is 7.69. The van der Waals surface area contributed by atoms with Crippen LogP contribution in [-0.2, 0) is 11.0 Å². The fourth-order valence-corrected chi connectivity index (χ4v) is 2.47. The number of halogens is 1. The molecular weight excluding hydrogens is 293 g/mol. The second kappa shape index (κ2) is 5.98. The highest BCUT2D eigenvalue weighted by Crippen LogP contribution is 2.27. The van der Waals surface area contributed by atoms with Gasteiger partial charge in [0.25, 0.3) is 0 Å². The van der Waals surface area contributed by atoms with Gasteiger partial charge in [-0.1, -0.05) is 6.92 Å². The van der Waals surface area contributed by atoms with Gasteiger partial charge in [0.2, 0.25) is 0 Å². The number of aromatic nitrogens is 4. The molecule has 2 aromatic rings. The minimum atomic E-state index is -1.41. The summed E-state index contributed by atoms with van der Waals surface area (Å²) < 4.78 is 25.2. The Balaban J connectivity index is 2.13. The van der Waals surface area contributed by atoms with Crippen LogP contribution in [0, 0.1) is 5.82 Å². The Hall–Kier alpha value is -1.67. The quantitative estimate of drug-likeness (QED) is 0.910. The Labute approximate surface area is 125 Å². The fourth-order valence-electron chi connectivity index (χ4n) is 2.05. The zero-order valence-electron chi connectivity index (χ0n) is 12.2. The lowest BCUT2D eigenvalue weighted by atomic mass is 9.95. The third kappa shape index (κ3) is 3.70. The molecule has 1 unspecified atom stereocenters. The van der Waals surface area contributed by atoms with Gasteiger partial charge in [-0.3, -0.25) is 10.1 Å². The lowest BCUT2D eigenvalue weighted by Gasteiger charge is -2.24. The summed E-state index contributed by atoms with van der Waals surface area (Å²) in [5, 5.41) is 9.31. The summed E-state index contributed by atoms with van der Waals surface area (Å²) >= 11 is 0. The van der Waals surface area contributed by atoms with Crippen LogP contribution >= 0.6 is 0 Å². The highest BCUT2D eigenvalue weighted by molar-refractivity contribution is 7.84. The summed E-state index contributed by atoms with van der Waals surface area (Å²) in [5.41, 5.74) is 0.768. The topological polar surface area (TPSA) is 86.7 Å². The van der Waals surface area contributed by atoms with E-state index in [4.69, 9.17) is 5.14 Å². The van der Waals surface area contributed by atoms with Gasteiger partial charge in [-0.25, -0.2) is 18.3 Å². The predicted octanol–water partition coefficient (Wildman–Crippen LogP) is 1.70. The molecule has 0 spiro atoms. The van der Waals surface area contributed by atoms with Gasteiger partial charge in [0.05, 0.1) is 46.2 Å². The highest BCUT2D eigenvalue weighted by Gasteiger charge is 2.27. The van der Waals surface area contributed by atoms with Gasteiger partial charge in [0, 0.05) is 5.92 Å². The number of hydrogen-bond acceptors (Lipinski definition) is 4. The summed E-state index contributed by atoms with van der Waals surface area (Å²) in [7, 11) is -1.41. The molecule has 0 aliphatic carbocycles. The second-order valence-corrected chi connectivity index (χ2v) is 7.26. The second-order valence-electron chi connectivity index (χ2n) is 5.56. The molecular formula is C13H18FN5OS. The van der Waals surface area contributed by atoms with Crippen LogP contribution in [0.5, 0.6) is 0 Å². The third-order valence-electron chi connectivity index (χ3n) is 3.29. The highest BCUT2D eigenvalue weighted by atomic mass is 32.2. The SMILES string of the molecule is C[C@@H](CC(C)(C)S(N)=O)c1cnc(-n2cc(F)cn2)cn1. The van der Waals surface area contributed by atoms with E-state index in [1.54, 1.807) is 6.20 Å². The molecule has 0 aliphatic heterocycles. The van der Waals surface area contributed by atoms with Gasteiger partial charge < -0.3 is 0 Å². The first kappa shape index (κ1) is 15.7. The zero-order valence-corrected chi connectivity index (χ0v) is 13.0. The van der Waals surface area contributed by atoms with Crippen LogP contribution in [0.15, 0.2) is 24.8 Å². The fraction of sp³-hybridized carbons (Fsp3) is 0.462. The molecule has 0 aliphatic rings. The van der Waals surface area contributed by atoms with Crippen molar-refractivity contribution in [3.05, 3.63) is 36.3 Å². The van der Waals surface area contributed by atoms with E-state index in [1.807, 2.05) is 20.8 Å². The molecule has 0 saturated carbocycles. The molecule has 0 saturated heterocycles. The lowest BCUT2D eigenvalue weighted by Crippen LogP contribution is -2.33. The molecule has 2 heterocycles. The smallest absolute Gasteiger partial charge is 0.171 e. The van der Waals surface area contributed by atoms with Crippen LogP contribution in [0.1, 0.15) is 38.8 Å². The van der Waals surface area contributed by atoms with Crippen molar-refractivity contribution in [1.82, 2.24) is 19.7 Å². The first-order valence-electron chi connectivity index (χ1n) is 6.48. The van der Waals surface area contributed by atoms with Crippen LogP contribution in [0.2, 0.25) is 0 Å². The van der Waals surface area contributed by atoms with Crippen LogP contribution in [0.25, 0.3) is 5.82 Å². The van der Waals surface area contributed by atoms with Gasteiger partial charge in [-0.05, 0) is 20.3 Å². The molecule has 21 heavy (non-hydrogen) atoms. The minimum Gasteiger partial charge on any atom is -0.255 e. The molecule has 2 atom stereocenters. The van der Waals surface area contributed by atoms with E-state index in [0.717, 1.165) is 11.9 Å². The van der Waals surface area contributed by atoms with E-state index in [9.17, 15) is 8.60 Å². The minimum absolute atomic E-state index is 0.0587. The average molecular weight is 311 g/mol. The van der Waals surface area contributed by atoms with Crippen LogP contribution in [0.4, 0.5) is 4.39 Å². The van der Waals surface area contributed by atoms with Crippen molar-refractivity contribution in [3.63, 3.8) is 0 Å². The molecule has 2 N–H and O–H groups in total. The number of hydrogen-bond donors (Lipinski definition) is 1. The van der Waals surface area contributed by atoms with Crippen molar-refractivity contribution >= 4 is 11.0 Å². The molecule has 0 radical (unpaired) electrons. The van der Waals surface area contributed by atoms with Crippen molar-refractivity contribution < 1.29 is 8.60 Å². The Morgan fingerprint density at radius 3 is 2.57 bits per heavy atom. The maximum atomic E-state index is 12.9. The Morgan fingerprint density at radius 1 is 1.38 bits per heavy atom. The van der Waals surface area contributed by atoms with E-state index in [0.29, 0.717) is 12.2 Å². The lowest BCUT2D eigenvalue weighted by molar-refractivity contribution is 0.532. The van der Waals surface area contributed by atoms with Gasteiger partial charge in [0.1, 0.15) is 0 Å². The zero-order chi connectivity index (χ0) is 15.6. The van der Waals surface area contributed by atoms with E-state index in [-0.39, 0.29) is 5.92 Å². The summed E-state index contributed by atoms with van der Waals surface area (Å²) in [6, 6.07) is 0.